The van der Waals surface area contributed by atoms with E-state index in [-0.39, 0.29) is 12.3 Å². The molecule has 0 N–H and O–H groups in total. The molecular formula is C31H33NO4. The van der Waals surface area contributed by atoms with Gasteiger partial charge in [0.1, 0.15) is 11.3 Å². The normalized spacial score (nSPS) is 12.4. The fourth-order valence-corrected chi connectivity index (χ4v) is 3.61. The van der Waals surface area contributed by atoms with Gasteiger partial charge in [0.2, 0.25) is 0 Å². The highest BCUT2D eigenvalue weighted by atomic mass is 16.6. The summed E-state index contributed by atoms with van der Waals surface area (Å²) in [4.78, 5) is 31.1. The summed E-state index contributed by atoms with van der Waals surface area (Å²) >= 11 is 0. The van der Waals surface area contributed by atoms with E-state index in [1.54, 1.807) is 33.8 Å². The van der Waals surface area contributed by atoms with Crippen LogP contribution in [-0.4, -0.2) is 29.9 Å². The van der Waals surface area contributed by atoms with E-state index in [4.69, 9.17) is 14.5 Å². The summed E-state index contributed by atoms with van der Waals surface area (Å²) in [6, 6.07) is 28.9. The van der Waals surface area contributed by atoms with Crippen LogP contribution in [-0.2, 0) is 25.5 Å². The molecule has 0 aliphatic carbocycles. The van der Waals surface area contributed by atoms with Gasteiger partial charge in [-0.25, -0.2) is 9.79 Å². The van der Waals surface area contributed by atoms with Gasteiger partial charge < -0.3 is 9.47 Å². The van der Waals surface area contributed by atoms with Crippen LogP contribution in [0.2, 0.25) is 0 Å². The highest BCUT2D eigenvalue weighted by molar-refractivity contribution is 6.14. The van der Waals surface area contributed by atoms with Crippen molar-refractivity contribution in [3.63, 3.8) is 0 Å². The van der Waals surface area contributed by atoms with E-state index in [1.807, 2.05) is 91.0 Å². The van der Waals surface area contributed by atoms with Crippen molar-refractivity contribution in [2.24, 2.45) is 10.9 Å². The summed E-state index contributed by atoms with van der Waals surface area (Å²) < 4.78 is 11.0. The van der Waals surface area contributed by atoms with Crippen molar-refractivity contribution in [2.75, 3.05) is 6.61 Å². The van der Waals surface area contributed by atoms with Gasteiger partial charge in [0.15, 0.2) is 0 Å². The van der Waals surface area contributed by atoms with Gasteiger partial charge in [0, 0.05) is 11.1 Å². The number of hydrogen-bond acceptors (Lipinski definition) is 5. The first-order chi connectivity index (χ1) is 17.3. The lowest BCUT2D eigenvalue weighted by Crippen LogP contribution is -2.26. The average Bonchev–Trinajstić information content (AvgIpc) is 2.86. The molecule has 0 heterocycles. The molecule has 0 fully saturated rings. The van der Waals surface area contributed by atoms with Crippen molar-refractivity contribution in [2.45, 2.75) is 39.7 Å². The fourth-order valence-electron chi connectivity index (χ4n) is 3.61. The molecule has 1 unspecified atom stereocenters. The minimum atomic E-state index is -0.732. The Morgan fingerprint density at radius 3 is 1.81 bits per heavy atom. The summed E-state index contributed by atoms with van der Waals surface area (Å²) in [5.41, 5.74) is 2.57. The first-order valence-corrected chi connectivity index (χ1v) is 12.1. The number of esters is 2. The first-order valence-electron chi connectivity index (χ1n) is 12.1. The highest BCUT2D eigenvalue weighted by Gasteiger charge is 2.25. The smallest absolute Gasteiger partial charge is 0.357 e. The van der Waals surface area contributed by atoms with Crippen LogP contribution >= 0.6 is 0 Å². The zero-order chi connectivity index (χ0) is 26.0. The molecular weight excluding hydrogens is 450 g/mol. The Morgan fingerprint density at radius 2 is 1.33 bits per heavy atom. The molecule has 0 saturated heterocycles. The molecule has 3 aromatic rings. The zero-order valence-electron chi connectivity index (χ0n) is 21.3. The summed E-state index contributed by atoms with van der Waals surface area (Å²) in [5, 5.41) is 0. The van der Waals surface area contributed by atoms with Crippen LogP contribution in [0.15, 0.2) is 108 Å². The molecule has 0 saturated carbocycles. The third-order valence-electron chi connectivity index (χ3n) is 5.18. The third-order valence-corrected chi connectivity index (χ3v) is 5.18. The monoisotopic (exact) mass is 483 g/mol. The van der Waals surface area contributed by atoms with Gasteiger partial charge in [0.05, 0.1) is 18.2 Å². The third kappa shape index (κ3) is 8.05. The van der Waals surface area contributed by atoms with Gasteiger partial charge in [-0.1, -0.05) is 91.0 Å². The number of benzene rings is 3. The van der Waals surface area contributed by atoms with Crippen LogP contribution < -0.4 is 0 Å². The van der Waals surface area contributed by atoms with Crippen molar-refractivity contribution in [3.8, 4) is 0 Å². The Labute approximate surface area is 213 Å². The maximum absolute atomic E-state index is 13.4. The SMILES string of the molecule is CCOC(=O)C(/C=C(\N=C(c1ccccc1)c1ccccc1)C(=O)OC(C)(C)C)Cc1ccccc1. The Morgan fingerprint density at radius 1 is 0.833 bits per heavy atom. The van der Waals surface area contributed by atoms with E-state index in [0.29, 0.717) is 12.1 Å². The van der Waals surface area contributed by atoms with Crippen molar-refractivity contribution in [3.05, 3.63) is 119 Å². The minimum absolute atomic E-state index is 0.0571. The van der Waals surface area contributed by atoms with Gasteiger partial charge in [-0.05, 0) is 45.8 Å². The standard InChI is InChI=1S/C31H33NO4/c1-5-35-29(33)26(21-23-15-9-6-10-16-23)22-27(30(34)36-31(2,3)4)32-28(24-17-11-7-12-18-24)25-19-13-8-14-20-25/h6-20,22,26H,5,21H2,1-4H3/b27-22-. The first kappa shape index (κ1) is 26.6. The number of ether oxygens (including phenoxy) is 2. The largest absolute Gasteiger partial charge is 0.466 e. The molecule has 5 heteroatoms. The van der Waals surface area contributed by atoms with Gasteiger partial charge in [-0.2, -0.15) is 0 Å². The molecule has 0 amide bonds. The molecule has 186 valence electrons. The van der Waals surface area contributed by atoms with Gasteiger partial charge >= 0.3 is 11.9 Å². The molecule has 36 heavy (non-hydrogen) atoms. The summed E-state index contributed by atoms with van der Waals surface area (Å²) in [5.74, 6) is -1.74. The van der Waals surface area contributed by atoms with Crippen molar-refractivity contribution < 1.29 is 19.1 Å². The zero-order valence-corrected chi connectivity index (χ0v) is 21.3. The number of aliphatic imine (C=N–C) groups is 1. The molecule has 0 aromatic heterocycles. The predicted octanol–water partition coefficient (Wildman–Crippen LogP) is 6.17. The van der Waals surface area contributed by atoms with Crippen LogP contribution in [0.5, 0.6) is 0 Å². The van der Waals surface area contributed by atoms with E-state index < -0.39 is 23.5 Å². The lowest BCUT2D eigenvalue weighted by molar-refractivity contribution is -0.149. The Hall–Kier alpha value is -3.99. The second kappa shape index (κ2) is 12.6. The van der Waals surface area contributed by atoms with E-state index in [0.717, 1.165) is 16.7 Å². The molecule has 0 aliphatic heterocycles. The maximum atomic E-state index is 13.4. The number of nitrogens with zero attached hydrogens (tertiary/aromatic N) is 1. The quantitative estimate of drug-likeness (QED) is 0.207. The summed E-state index contributed by atoms with van der Waals surface area (Å²) in [6.45, 7) is 7.40. The molecule has 0 spiro atoms. The number of hydrogen-bond donors (Lipinski definition) is 0. The molecule has 0 aliphatic rings. The lowest BCUT2D eigenvalue weighted by Gasteiger charge is -2.21. The fraction of sp³-hybridized carbons (Fsp3) is 0.258. The topological polar surface area (TPSA) is 65.0 Å². The molecule has 3 rings (SSSR count). The summed E-state index contributed by atoms with van der Waals surface area (Å²) in [6.07, 6.45) is 1.94. The number of carbonyl (C=O) groups is 2. The Kier molecular flexibility index (Phi) is 9.34. The van der Waals surface area contributed by atoms with Crippen LogP contribution in [0.25, 0.3) is 0 Å². The molecule has 3 aromatic carbocycles. The van der Waals surface area contributed by atoms with E-state index in [1.165, 1.54) is 0 Å². The van der Waals surface area contributed by atoms with Crippen molar-refractivity contribution >= 4 is 17.7 Å². The second-order valence-electron chi connectivity index (χ2n) is 9.29. The van der Waals surface area contributed by atoms with Gasteiger partial charge in [-0.15, -0.1) is 0 Å². The van der Waals surface area contributed by atoms with Gasteiger partial charge in [-0.3, -0.25) is 4.79 Å². The highest BCUT2D eigenvalue weighted by Crippen LogP contribution is 2.21. The van der Waals surface area contributed by atoms with Crippen molar-refractivity contribution in [1.82, 2.24) is 0 Å². The molecule has 0 bridgehead atoms. The average molecular weight is 484 g/mol. The minimum Gasteiger partial charge on any atom is -0.466 e. The second-order valence-corrected chi connectivity index (χ2v) is 9.29. The van der Waals surface area contributed by atoms with Crippen molar-refractivity contribution in [1.29, 1.82) is 0 Å². The van der Waals surface area contributed by atoms with E-state index >= 15 is 0 Å². The van der Waals surface area contributed by atoms with Gasteiger partial charge in [0.25, 0.3) is 0 Å². The maximum Gasteiger partial charge on any atom is 0.357 e. The van der Waals surface area contributed by atoms with Crippen LogP contribution in [0.1, 0.15) is 44.4 Å². The Bertz CT molecular complexity index is 1150. The van der Waals surface area contributed by atoms with E-state index in [2.05, 4.69) is 0 Å². The Balaban J connectivity index is 2.16. The number of rotatable bonds is 9. The number of carbonyl (C=O) groups excluding carboxylic acids is 2. The lowest BCUT2D eigenvalue weighted by atomic mass is 9.97. The van der Waals surface area contributed by atoms with E-state index in [9.17, 15) is 9.59 Å². The van der Waals surface area contributed by atoms with Crippen LogP contribution in [0, 0.1) is 5.92 Å². The molecule has 5 nitrogen and oxygen atoms in total. The summed E-state index contributed by atoms with van der Waals surface area (Å²) in [7, 11) is 0. The van der Waals surface area contributed by atoms with Crippen LogP contribution in [0.4, 0.5) is 0 Å². The molecule has 1 atom stereocenters. The van der Waals surface area contributed by atoms with Crippen LogP contribution in [0.3, 0.4) is 0 Å². The molecule has 0 radical (unpaired) electrons. The predicted molar refractivity (Wildman–Crippen MR) is 143 cm³/mol.